The lowest BCUT2D eigenvalue weighted by atomic mass is 9.90. The van der Waals surface area contributed by atoms with Gasteiger partial charge in [0.25, 0.3) is 0 Å². The molecule has 8 aromatic heterocycles. The summed E-state index contributed by atoms with van der Waals surface area (Å²) in [6.45, 7) is 0. The molecule has 0 fully saturated rings. The zero-order chi connectivity index (χ0) is 94.2. The van der Waals surface area contributed by atoms with Crippen LogP contribution in [0.4, 0.5) is 0 Å². The lowest BCUT2D eigenvalue weighted by Gasteiger charge is -2.19. The molecular weight excluding hydrogens is 1730 g/mol. The van der Waals surface area contributed by atoms with Gasteiger partial charge in [0.15, 0.2) is 17.5 Å². The second kappa shape index (κ2) is 37.0. The number of pyridine rings is 4. The molecule has 25 rings (SSSR count). The van der Waals surface area contributed by atoms with Crippen LogP contribution in [0.15, 0.2) is 492 Å². The van der Waals surface area contributed by atoms with Crippen molar-refractivity contribution in [3.63, 3.8) is 0 Å². The summed E-state index contributed by atoms with van der Waals surface area (Å²) in [5, 5.41) is 3.93. The predicted molar refractivity (Wildman–Crippen MR) is 577 cm³/mol. The molecule has 0 bridgehead atoms. The van der Waals surface area contributed by atoms with Crippen LogP contribution in [0, 0.1) is 0 Å². The highest BCUT2D eigenvalue weighted by molar-refractivity contribution is 6.13. The summed E-state index contributed by atoms with van der Waals surface area (Å²) in [5.41, 5.74) is 35.1. The first-order chi connectivity index (χ1) is 70.4. The molecule has 0 unspecified atom stereocenters. The van der Waals surface area contributed by atoms with Crippen LogP contribution in [0.3, 0.4) is 0 Å². The summed E-state index contributed by atoms with van der Waals surface area (Å²) in [4.78, 5) is 71.4. The third-order valence-corrected chi connectivity index (χ3v) is 26.3. The number of benzene rings is 17. The van der Waals surface area contributed by atoms with Crippen molar-refractivity contribution < 1.29 is 0 Å². The molecule has 13 nitrogen and oxygen atoms in total. The van der Waals surface area contributed by atoms with E-state index in [9.17, 15) is 0 Å². The molecule has 0 aliphatic rings. The van der Waals surface area contributed by atoms with Gasteiger partial charge in [0.05, 0.1) is 102 Å². The van der Waals surface area contributed by atoms with Crippen LogP contribution in [-0.4, -0.2) is 64.8 Å². The van der Waals surface area contributed by atoms with Crippen molar-refractivity contribution in [1.82, 2.24) is 64.8 Å². The Labute approximate surface area is 819 Å². The molecule has 0 aliphatic heterocycles. The molecular formula is C129H81N13. The summed E-state index contributed by atoms with van der Waals surface area (Å²) >= 11 is 0. The average Bonchev–Trinajstić information content (AvgIpc) is 0.742. The van der Waals surface area contributed by atoms with Crippen LogP contribution in [0.5, 0.6) is 0 Å². The summed E-state index contributed by atoms with van der Waals surface area (Å²) in [7, 11) is 0. The fraction of sp³-hybridized carbons (Fsp3) is 0. The molecule has 0 spiro atoms. The lowest BCUT2D eigenvalue weighted by molar-refractivity contribution is 1.07. The Morgan fingerprint density at radius 3 is 0.923 bits per heavy atom. The van der Waals surface area contributed by atoms with E-state index in [1.54, 1.807) is 0 Å². The maximum atomic E-state index is 5.83. The fourth-order valence-corrected chi connectivity index (χ4v) is 19.3. The monoisotopic (exact) mass is 1810 g/mol. The smallest absolute Gasteiger partial charge is 0.164 e. The highest BCUT2D eigenvalue weighted by atomic mass is 15.0. The van der Waals surface area contributed by atoms with E-state index in [1.165, 1.54) is 0 Å². The molecule has 0 radical (unpaired) electrons. The van der Waals surface area contributed by atoms with Crippen molar-refractivity contribution in [2.45, 2.75) is 0 Å². The molecule has 0 amide bonds. The van der Waals surface area contributed by atoms with Gasteiger partial charge < -0.3 is 0 Å². The van der Waals surface area contributed by atoms with Gasteiger partial charge in [-0.1, -0.05) is 425 Å². The van der Waals surface area contributed by atoms with Gasteiger partial charge in [0.1, 0.15) is 0 Å². The van der Waals surface area contributed by atoms with Gasteiger partial charge in [-0.15, -0.1) is 0 Å². The number of hydrogen-bond donors (Lipinski definition) is 0. The molecule has 142 heavy (non-hydrogen) atoms. The third-order valence-electron chi connectivity index (χ3n) is 26.3. The van der Waals surface area contributed by atoms with E-state index < -0.39 is 0 Å². The Hall–Kier alpha value is -19.4. The minimum Gasteiger partial charge on any atom is -0.254 e. The minimum atomic E-state index is 0.504. The lowest BCUT2D eigenvalue weighted by Crippen LogP contribution is -2.02. The fourth-order valence-electron chi connectivity index (χ4n) is 19.3. The van der Waals surface area contributed by atoms with Gasteiger partial charge in [-0.25, -0.2) is 54.8 Å². The van der Waals surface area contributed by atoms with E-state index in [0.29, 0.717) is 28.9 Å². The van der Waals surface area contributed by atoms with E-state index in [1.807, 2.05) is 140 Å². The summed E-state index contributed by atoms with van der Waals surface area (Å²) < 4.78 is 0. The highest BCUT2D eigenvalue weighted by Gasteiger charge is 2.29. The Morgan fingerprint density at radius 2 is 0.437 bits per heavy atom. The normalized spacial score (nSPS) is 11.4. The maximum Gasteiger partial charge on any atom is 0.164 e. The van der Waals surface area contributed by atoms with Crippen molar-refractivity contribution in [3.8, 4) is 225 Å². The molecule has 13 heteroatoms. The second-order valence-corrected chi connectivity index (χ2v) is 35.1. The number of rotatable bonds is 20. The van der Waals surface area contributed by atoms with Crippen LogP contribution < -0.4 is 0 Å². The second-order valence-electron chi connectivity index (χ2n) is 35.1. The third kappa shape index (κ3) is 16.3. The molecule has 0 aliphatic carbocycles. The molecule has 0 saturated heterocycles. The van der Waals surface area contributed by atoms with Gasteiger partial charge in [0, 0.05) is 129 Å². The Balaban J connectivity index is 0.582. The molecule has 0 N–H and O–H groups in total. The average molecular weight is 1810 g/mol. The predicted octanol–water partition coefficient (Wildman–Crippen LogP) is 31.8. The van der Waals surface area contributed by atoms with Crippen LogP contribution in [0.25, 0.3) is 269 Å². The van der Waals surface area contributed by atoms with Crippen LogP contribution in [-0.2, 0) is 0 Å². The van der Waals surface area contributed by atoms with E-state index in [-0.39, 0.29) is 0 Å². The van der Waals surface area contributed by atoms with Crippen LogP contribution in [0.2, 0.25) is 0 Å². The van der Waals surface area contributed by atoms with E-state index >= 15 is 0 Å². The molecule has 0 saturated carbocycles. The SMILES string of the molecule is c1ccc(-c2nc(-c3cccc(-c4nc(-c5ccccc5)c(-c5ccccc5)nc4-c4ccccc4)c3)nc(-c3ccc(-c4ccc(-c5nc(-c6ccccc6)c(-c6ccccc6)nc5-c5cccc(-c6ccc7cc(-c8ccccc8-c8nc(-c9ccccc9)c(-c9ccccc9)nc8-c8ccc(-c9ccc%10ccc%11cccnc%11c%10n9)cc8)c8cccnc8c7n6)c5)cc4)cc3-c3ccccc3)n2)cc1. The van der Waals surface area contributed by atoms with Crippen molar-refractivity contribution in [3.05, 3.63) is 492 Å². The number of aromatic nitrogens is 13. The van der Waals surface area contributed by atoms with Crippen LogP contribution in [0.1, 0.15) is 0 Å². The first kappa shape index (κ1) is 84.4. The van der Waals surface area contributed by atoms with E-state index in [4.69, 9.17) is 64.8 Å². The molecule has 25 aromatic rings. The van der Waals surface area contributed by atoms with E-state index in [0.717, 1.165) is 240 Å². The molecule has 0 atom stereocenters. The Bertz CT molecular complexity index is 9090. The van der Waals surface area contributed by atoms with Crippen molar-refractivity contribution >= 4 is 43.6 Å². The van der Waals surface area contributed by atoms with Gasteiger partial charge >= 0.3 is 0 Å². The quantitative estimate of drug-likeness (QED) is 0.0662. The van der Waals surface area contributed by atoms with Crippen LogP contribution >= 0.6 is 0 Å². The van der Waals surface area contributed by atoms with Gasteiger partial charge in [-0.05, 0) is 88.0 Å². The number of fused-ring (bicyclic) bond motifs is 6. The summed E-state index contributed by atoms with van der Waals surface area (Å²) in [5.74, 6) is 1.56. The maximum absolute atomic E-state index is 5.83. The molecule has 17 aromatic carbocycles. The summed E-state index contributed by atoms with van der Waals surface area (Å²) in [6, 6.07) is 165. The van der Waals surface area contributed by atoms with E-state index in [2.05, 4.69) is 352 Å². The van der Waals surface area contributed by atoms with Gasteiger partial charge in [-0.2, -0.15) is 0 Å². The highest BCUT2D eigenvalue weighted by Crippen LogP contribution is 2.48. The number of nitrogens with zero attached hydrogens (tertiary/aromatic N) is 13. The standard InChI is InChI=1S/C129H81N13/c1-10-34-83(35-11-1)107-80-97(70-73-106(107)129-141-127(96-50-26-9-27-51-96)140-128(142-129)102-55-31-54-100(79-102)123-119(91-48-24-8-25-49-91)134-113(85-36-12-2-13-37-85)115(138-123)87-40-16-4-17-41-87)82-60-64-93(65-61-82)120-122(137-116(88-42-18-5-19-43-88)114(135-120)86-38-14-3-15-39-86)99-53-30-52-98(78-99)110-75-72-101-81-108(105-59-33-77-131-125(105)124(101)133-110)103-57-28-29-58-104(103)126-121(136-117(89-44-20-6-21-45-89)118(139-126)90-46-22-7-23-47-90)94-66-62-84(63-67-94)109-74-71-95-69-68-92-56-32-76-130-111(92)112(95)132-109/h1-81H. The molecule has 8 heterocycles. The van der Waals surface area contributed by atoms with Crippen molar-refractivity contribution in [1.29, 1.82) is 0 Å². The Morgan fingerprint density at radius 1 is 0.120 bits per heavy atom. The summed E-state index contributed by atoms with van der Waals surface area (Å²) in [6.07, 6.45) is 3.69. The first-order valence-corrected chi connectivity index (χ1v) is 47.4. The van der Waals surface area contributed by atoms with Crippen molar-refractivity contribution in [2.24, 2.45) is 0 Å². The largest absolute Gasteiger partial charge is 0.254 e. The number of hydrogen-bond acceptors (Lipinski definition) is 13. The zero-order valence-electron chi connectivity index (χ0n) is 76.6. The zero-order valence-corrected chi connectivity index (χ0v) is 76.6. The Kier molecular flexibility index (Phi) is 22.0. The topological polar surface area (TPSA) is 168 Å². The first-order valence-electron chi connectivity index (χ1n) is 47.4. The minimum absolute atomic E-state index is 0.504. The molecule has 662 valence electrons. The van der Waals surface area contributed by atoms with Gasteiger partial charge in [0.2, 0.25) is 0 Å². The van der Waals surface area contributed by atoms with Crippen molar-refractivity contribution in [2.75, 3.05) is 0 Å². The van der Waals surface area contributed by atoms with Gasteiger partial charge in [-0.3, -0.25) is 9.97 Å².